The monoisotopic (exact) mass is 359 g/mol. The fraction of sp³-hybridized carbons (Fsp3) is 0.400. The standard InChI is InChI=1S/C15H18ClN3OS.ClH/c16-12-1-3-14(4-2-12)20-10-15-18-13(11-21-15)9-19-7-5-17-6-8-19;/h1-4,11,17H,5-10H2;1H. The minimum absolute atomic E-state index is 0. The topological polar surface area (TPSA) is 37.4 Å². The summed E-state index contributed by atoms with van der Waals surface area (Å²) in [4.78, 5) is 7.07. The van der Waals surface area contributed by atoms with Gasteiger partial charge in [-0.2, -0.15) is 0 Å². The maximum Gasteiger partial charge on any atom is 0.140 e. The number of rotatable bonds is 5. The number of hydrogen-bond donors (Lipinski definition) is 1. The van der Waals surface area contributed by atoms with Crippen LogP contribution >= 0.6 is 35.3 Å². The van der Waals surface area contributed by atoms with Gasteiger partial charge in [0.2, 0.25) is 0 Å². The van der Waals surface area contributed by atoms with Crippen LogP contribution in [0.4, 0.5) is 0 Å². The van der Waals surface area contributed by atoms with E-state index in [1.54, 1.807) is 11.3 Å². The first-order valence-corrected chi connectivity index (χ1v) is 8.30. The molecule has 1 aromatic heterocycles. The molecule has 0 aliphatic carbocycles. The summed E-state index contributed by atoms with van der Waals surface area (Å²) < 4.78 is 5.72. The lowest BCUT2D eigenvalue weighted by Gasteiger charge is -2.26. The van der Waals surface area contributed by atoms with E-state index in [1.165, 1.54) is 0 Å². The SMILES string of the molecule is Cl.Clc1ccc(OCc2nc(CN3CCNCC3)cs2)cc1. The van der Waals surface area contributed by atoms with Crippen LogP contribution in [0.3, 0.4) is 0 Å². The molecule has 3 rings (SSSR count). The molecule has 1 saturated heterocycles. The van der Waals surface area contributed by atoms with E-state index in [0.717, 1.165) is 54.2 Å². The Morgan fingerprint density at radius 2 is 1.95 bits per heavy atom. The van der Waals surface area contributed by atoms with E-state index in [1.807, 2.05) is 24.3 Å². The minimum atomic E-state index is 0. The van der Waals surface area contributed by atoms with Crippen molar-refractivity contribution in [2.24, 2.45) is 0 Å². The Balaban J connectivity index is 0.00000176. The van der Waals surface area contributed by atoms with Crippen LogP contribution in [0.25, 0.3) is 0 Å². The van der Waals surface area contributed by atoms with Gasteiger partial charge in [-0.05, 0) is 24.3 Å². The zero-order valence-electron chi connectivity index (χ0n) is 12.1. The first-order valence-electron chi connectivity index (χ1n) is 7.04. The lowest BCUT2D eigenvalue weighted by atomic mass is 10.3. The third kappa shape index (κ3) is 5.11. The average molecular weight is 360 g/mol. The predicted molar refractivity (Wildman–Crippen MR) is 93.3 cm³/mol. The first-order chi connectivity index (χ1) is 10.3. The van der Waals surface area contributed by atoms with Gasteiger partial charge >= 0.3 is 0 Å². The highest BCUT2D eigenvalue weighted by Crippen LogP contribution is 2.18. The van der Waals surface area contributed by atoms with Gasteiger partial charge in [0.05, 0.1) is 5.69 Å². The lowest BCUT2D eigenvalue weighted by Crippen LogP contribution is -2.42. The van der Waals surface area contributed by atoms with E-state index in [0.29, 0.717) is 6.61 Å². The van der Waals surface area contributed by atoms with Crippen molar-refractivity contribution in [3.8, 4) is 5.75 Å². The molecule has 0 atom stereocenters. The molecule has 1 N–H and O–H groups in total. The summed E-state index contributed by atoms with van der Waals surface area (Å²) in [5, 5.41) is 7.21. The van der Waals surface area contributed by atoms with Crippen LogP contribution in [-0.4, -0.2) is 36.1 Å². The summed E-state index contributed by atoms with van der Waals surface area (Å²) in [5.74, 6) is 0.818. The van der Waals surface area contributed by atoms with Crippen molar-refractivity contribution < 1.29 is 4.74 Å². The van der Waals surface area contributed by atoms with Crippen LogP contribution in [0.2, 0.25) is 5.02 Å². The number of halogens is 2. The fourth-order valence-electron chi connectivity index (χ4n) is 2.26. The molecule has 0 unspecified atom stereocenters. The van der Waals surface area contributed by atoms with E-state index >= 15 is 0 Å². The number of nitrogens with one attached hydrogen (secondary N) is 1. The molecule has 4 nitrogen and oxygen atoms in total. The molecule has 0 saturated carbocycles. The summed E-state index contributed by atoms with van der Waals surface area (Å²) in [5.41, 5.74) is 1.14. The van der Waals surface area contributed by atoms with Gasteiger partial charge in [-0.1, -0.05) is 11.6 Å². The van der Waals surface area contributed by atoms with Crippen LogP contribution in [-0.2, 0) is 13.2 Å². The second-order valence-electron chi connectivity index (χ2n) is 5.00. The molecule has 1 aromatic carbocycles. The van der Waals surface area contributed by atoms with Crippen LogP contribution in [0.1, 0.15) is 10.7 Å². The third-order valence-corrected chi connectivity index (χ3v) is 4.49. The number of nitrogens with zero attached hydrogens (tertiary/aromatic N) is 2. The predicted octanol–water partition coefficient (Wildman–Crippen LogP) is 3.20. The molecular formula is C15H19Cl2N3OS. The van der Waals surface area contributed by atoms with Gasteiger partial charge in [0.25, 0.3) is 0 Å². The van der Waals surface area contributed by atoms with E-state index in [4.69, 9.17) is 16.3 Å². The molecule has 0 radical (unpaired) electrons. The third-order valence-electron chi connectivity index (χ3n) is 3.37. The van der Waals surface area contributed by atoms with Crippen LogP contribution < -0.4 is 10.1 Å². The highest BCUT2D eigenvalue weighted by molar-refractivity contribution is 7.09. The Hall–Kier alpha value is -0.850. The summed E-state index contributed by atoms with van der Waals surface area (Å²) in [6.07, 6.45) is 0. The van der Waals surface area contributed by atoms with Gasteiger partial charge < -0.3 is 10.1 Å². The maximum absolute atomic E-state index is 5.85. The Kier molecular flexibility index (Phi) is 6.92. The van der Waals surface area contributed by atoms with Crippen molar-refractivity contribution in [1.29, 1.82) is 0 Å². The van der Waals surface area contributed by atoms with Crippen molar-refractivity contribution in [3.05, 3.63) is 45.4 Å². The highest BCUT2D eigenvalue weighted by Gasteiger charge is 2.12. The van der Waals surface area contributed by atoms with E-state index < -0.39 is 0 Å². The normalized spacial score (nSPS) is 15.3. The molecule has 0 spiro atoms. The molecule has 22 heavy (non-hydrogen) atoms. The number of thiazole rings is 1. The minimum Gasteiger partial charge on any atom is -0.486 e. The molecular weight excluding hydrogens is 341 g/mol. The van der Waals surface area contributed by atoms with E-state index in [2.05, 4.69) is 20.6 Å². The largest absolute Gasteiger partial charge is 0.486 e. The molecule has 1 aliphatic heterocycles. The smallest absolute Gasteiger partial charge is 0.140 e. The summed E-state index contributed by atoms with van der Waals surface area (Å²) in [6.45, 7) is 5.75. The molecule has 1 fully saturated rings. The summed E-state index contributed by atoms with van der Waals surface area (Å²) >= 11 is 7.51. The van der Waals surface area contributed by atoms with Crippen molar-refractivity contribution in [2.75, 3.05) is 26.2 Å². The van der Waals surface area contributed by atoms with Gasteiger partial charge in [-0.25, -0.2) is 4.98 Å². The van der Waals surface area contributed by atoms with Gasteiger partial charge in [0.1, 0.15) is 17.4 Å². The molecule has 1 aliphatic rings. The quantitative estimate of drug-likeness (QED) is 0.889. The molecule has 2 heterocycles. The van der Waals surface area contributed by atoms with Gasteiger partial charge in [0.15, 0.2) is 0 Å². The highest BCUT2D eigenvalue weighted by atomic mass is 35.5. The Morgan fingerprint density at radius 1 is 1.23 bits per heavy atom. The van der Waals surface area contributed by atoms with Crippen molar-refractivity contribution in [2.45, 2.75) is 13.2 Å². The Labute approximate surface area is 145 Å². The Morgan fingerprint density at radius 3 is 2.68 bits per heavy atom. The number of aromatic nitrogens is 1. The number of hydrogen-bond acceptors (Lipinski definition) is 5. The number of piperazine rings is 1. The average Bonchev–Trinajstić information content (AvgIpc) is 2.95. The number of ether oxygens (including phenoxy) is 1. The number of benzene rings is 1. The van der Waals surface area contributed by atoms with Crippen LogP contribution in [0.5, 0.6) is 5.75 Å². The summed E-state index contributed by atoms with van der Waals surface area (Å²) in [7, 11) is 0. The second-order valence-corrected chi connectivity index (χ2v) is 6.38. The Bertz CT molecular complexity index is 570. The van der Waals surface area contributed by atoms with Gasteiger partial charge in [-0.15, -0.1) is 23.7 Å². The van der Waals surface area contributed by atoms with Crippen LogP contribution in [0.15, 0.2) is 29.6 Å². The van der Waals surface area contributed by atoms with Crippen molar-refractivity contribution >= 4 is 35.3 Å². The molecule has 120 valence electrons. The van der Waals surface area contributed by atoms with Crippen LogP contribution in [0, 0.1) is 0 Å². The molecule has 2 aromatic rings. The zero-order chi connectivity index (χ0) is 14.5. The van der Waals surface area contributed by atoms with Crippen molar-refractivity contribution in [3.63, 3.8) is 0 Å². The fourth-order valence-corrected chi connectivity index (χ4v) is 3.08. The van der Waals surface area contributed by atoms with Crippen molar-refractivity contribution in [1.82, 2.24) is 15.2 Å². The van der Waals surface area contributed by atoms with E-state index in [-0.39, 0.29) is 12.4 Å². The van der Waals surface area contributed by atoms with Gasteiger partial charge in [0, 0.05) is 43.1 Å². The molecule has 0 amide bonds. The molecule has 0 bridgehead atoms. The second kappa shape index (κ2) is 8.70. The zero-order valence-corrected chi connectivity index (χ0v) is 14.5. The lowest BCUT2D eigenvalue weighted by molar-refractivity contribution is 0.230. The molecule has 7 heteroatoms. The summed E-state index contributed by atoms with van der Waals surface area (Å²) in [6, 6.07) is 7.40. The maximum atomic E-state index is 5.85. The van der Waals surface area contributed by atoms with E-state index in [9.17, 15) is 0 Å². The first kappa shape index (κ1) is 17.5. The van der Waals surface area contributed by atoms with Gasteiger partial charge in [-0.3, -0.25) is 4.90 Å².